The predicted molar refractivity (Wildman–Crippen MR) is 126 cm³/mol. The number of carbonyl (C=O) groups excluding carboxylic acids is 2. The summed E-state index contributed by atoms with van der Waals surface area (Å²) in [7, 11) is 0. The Hall–Kier alpha value is -3.34. The van der Waals surface area contributed by atoms with Gasteiger partial charge in [0.25, 0.3) is 0 Å². The van der Waals surface area contributed by atoms with Crippen molar-refractivity contribution in [3.8, 4) is 0 Å². The maximum atomic E-state index is 14.3. The molecule has 0 bridgehead atoms. The van der Waals surface area contributed by atoms with E-state index in [1.807, 2.05) is 38.7 Å². The van der Waals surface area contributed by atoms with Crippen molar-refractivity contribution in [3.63, 3.8) is 0 Å². The number of halogens is 2. The van der Waals surface area contributed by atoms with Crippen LogP contribution in [0, 0.1) is 25.5 Å². The maximum absolute atomic E-state index is 14.3. The third-order valence-electron chi connectivity index (χ3n) is 5.69. The molecule has 0 aromatic heterocycles. The monoisotopic (exact) mass is 437 g/mol. The molecule has 1 aliphatic rings. The smallest absolute Gasteiger partial charge is 0.126 e. The molecule has 0 aliphatic carbocycles. The van der Waals surface area contributed by atoms with E-state index in [1.54, 1.807) is 12.1 Å². The third-order valence-corrected chi connectivity index (χ3v) is 5.69. The predicted octanol–water partition coefficient (Wildman–Crippen LogP) is 6.30. The number of nitrogens with zero attached hydrogens (tertiary/aromatic N) is 1. The Kier molecular flexibility index (Phi) is 9.26. The van der Waals surface area contributed by atoms with Crippen LogP contribution < -0.4 is 4.90 Å². The van der Waals surface area contributed by atoms with Crippen molar-refractivity contribution < 1.29 is 18.4 Å². The zero-order valence-corrected chi connectivity index (χ0v) is 18.6. The molecule has 168 valence electrons. The first-order valence-electron chi connectivity index (χ1n) is 10.5. The highest BCUT2D eigenvalue weighted by atomic mass is 19.1. The van der Waals surface area contributed by atoms with Gasteiger partial charge in [-0.25, -0.2) is 8.78 Å². The van der Waals surface area contributed by atoms with Crippen LogP contribution in [0.5, 0.6) is 0 Å². The molecule has 0 saturated carbocycles. The van der Waals surface area contributed by atoms with Crippen LogP contribution >= 0.6 is 0 Å². The zero-order valence-electron chi connectivity index (χ0n) is 18.6. The normalized spacial score (nSPS) is 14.4. The SMILES string of the molecule is C=O.C=O.Cc1ccc(N2c3cc(F)ccc3CC[C@H]2CCc2ccc(C)cc2F)cc1. The molecule has 0 saturated heterocycles. The van der Waals surface area contributed by atoms with Gasteiger partial charge in [-0.2, -0.15) is 0 Å². The number of anilines is 2. The molecule has 32 heavy (non-hydrogen) atoms. The first-order valence-corrected chi connectivity index (χ1v) is 10.5. The summed E-state index contributed by atoms with van der Waals surface area (Å²) in [6.07, 6.45) is 3.38. The molecule has 0 spiro atoms. The van der Waals surface area contributed by atoms with Crippen molar-refractivity contribution in [2.75, 3.05) is 4.90 Å². The quantitative estimate of drug-likeness (QED) is 0.481. The van der Waals surface area contributed by atoms with Crippen LogP contribution in [0.4, 0.5) is 20.2 Å². The van der Waals surface area contributed by atoms with Crippen LogP contribution in [0.15, 0.2) is 60.7 Å². The molecule has 1 atom stereocenters. The summed E-state index contributed by atoms with van der Waals surface area (Å²) in [4.78, 5) is 18.2. The lowest BCUT2D eigenvalue weighted by Gasteiger charge is -2.39. The van der Waals surface area contributed by atoms with Crippen LogP contribution in [0.1, 0.15) is 35.1 Å². The molecule has 3 aromatic carbocycles. The minimum atomic E-state index is -0.221. The molecule has 1 aliphatic heterocycles. The van der Waals surface area contributed by atoms with Gasteiger partial charge < -0.3 is 14.5 Å². The van der Waals surface area contributed by atoms with Gasteiger partial charge in [-0.1, -0.05) is 35.9 Å². The topological polar surface area (TPSA) is 37.4 Å². The first-order chi connectivity index (χ1) is 15.5. The molecule has 3 nitrogen and oxygen atoms in total. The second kappa shape index (κ2) is 11.9. The Morgan fingerprint density at radius 3 is 2.19 bits per heavy atom. The van der Waals surface area contributed by atoms with Crippen molar-refractivity contribution in [1.82, 2.24) is 0 Å². The highest BCUT2D eigenvalue weighted by Gasteiger charge is 2.28. The lowest BCUT2D eigenvalue weighted by Crippen LogP contribution is -2.36. The fourth-order valence-corrected chi connectivity index (χ4v) is 4.13. The Morgan fingerprint density at radius 2 is 1.53 bits per heavy atom. The van der Waals surface area contributed by atoms with Gasteiger partial charge in [0.2, 0.25) is 0 Å². The van der Waals surface area contributed by atoms with Crippen LogP contribution in [0.2, 0.25) is 0 Å². The van der Waals surface area contributed by atoms with Crippen LogP contribution in [0.25, 0.3) is 0 Å². The van der Waals surface area contributed by atoms with Gasteiger partial charge in [0.1, 0.15) is 25.2 Å². The second-order valence-electron chi connectivity index (χ2n) is 7.80. The summed E-state index contributed by atoms with van der Waals surface area (Å²) in [5.74, 6) is -0.356. The number of fused-ring (bicyclic) bond motifs is 1. The Morgan fingerprint density at radius 1 is 0.875 bits per heavy atom. The average Bonchev–Trinajstić information content (AvgIpc) is 2.81. The number of aryl methyl sites for hydroxylation is 4. The van der Waals surface area contributed by atoms with Crippen molar-refractivity contribution >= 4 is 25.0 Å². The zero-order chi connectivity index (χ0) is 23.7. The largest absolute Gasteiger partial charge is 0.338 e. The van der Waals surface area contributed by atoms with Crippen LogP contribution in [-0.2, 0) is 22.4 Å². The molecule has 3 aromatic rings. The lowest BCUT2D eigenvalue weighted by atomic mass is 9.91. The lowest BCUT2D eigenvalue weighted by molar-refractivity contribution is -0.0987. The molecule has 0 fully saturated rings. The summed E-state index contributed by atoms with van der Waals surface area (Å²) < 4.78 is 28.3. The average molecular weight is 438 g/mol. The number of hydrogen-bond acceptors (Lipinski definition) is 3. The fraction of sp³-hybridized carbons (Fsp3) is 0.259. The van der Waals surface area contributed by atoms with Crippen molar-refractivity contribution in [2.45, 2.75) is 45.6 Å². The Labute approximate surface area is 188 Å². The molecule has 0 amide bonds. The Balaban J connectivity index is 0.000000860. The van der Waals surface area contributed by atoms with E-state index in [0.717, 1.165) is 41.8 Å². The fourth-order valence-electron chi connectivity index (χ4n) is 4.13. The van der Waals surface area contributed by atoms with Gasteiger partial charge in [0.15, 0.2) is 0 Å². The van der Waals surface area contributed by atoms with Gasteiger partial charge >= 0.3 is 0 Å². The van der Waals surface area contributed by atoms with Crippen molar-refractivity contribution in [3.05, 3.63) is 94.6 Å². The molecular weight excluding hydrogens is 408 g/mol. The van der Waals surface area contributed by atoms with Crippen LogP contribution in [-0.4, -0.2) is 19.6 Å². The number of hydrogen-bond donors (Lipinski definition) is 0. The summed E-state index contributed by atoms with van der Waals surface area (Å²) in [5.41, 5.74) is 6.04. The molecule has 0 radical (unpaired) electrons. The maximum Gasteiger partial charge on any atom is 0.126 e. The summed E-state index contributed by atoms with van der Waals surface area (Å²) in [6, 6.07) is 19.1. The molecule has 5 heteroatoms. The summed E-state index contributed by atoms with van der Waals surface area (Å²) in [6.45, 7) is 7.96. The van der Waals surface area contributed by atoms with Gasteiger partial charge in [0.05, 0.1) is 0 Å². The molecule has 0 unspecified atom stereocenters. The van der Waals surface area contributed by atoms with E-state index in [4.69, 9.17) is 9.59 Å². The van der Waals surface area contributed by atoms with E-state index in [2.05, 4.69) is 36.1 Å². The molecule has 0 N–H and O–H groups in total. The van der Waals surface area contributed by atoms with E-state index >= 15 is 0 Å². The summed E-state index contributed by atoms with van der Waals surface area (Å²) in [5, 5.41) is 0. The first kappa shape index (κ1) is 24.9. The molecule has 4 rings (SSSR count). The highest BCUT2D eigenvalue weighted by Crippen LogP contribution is 2.39. The minimum Gasteiger partial charge on any atom is -0.338 e. The van der Waals surface area contributed by atoms with E-state index in [9.17, 15) is 8.78 Å². The number of benzene rings is 3. The van der Waals surface area contributed by atoms with E-state index in [0.29, 0.717) is 6.42 Å². The Bertz CT molecular complexity index is 1020. The third kappa shape index (κ3) is 5.88. The van der Waals surface area contributed by atoms with Gasteiger partial charge in [-0.3, -0.25) is 0 Å². The van der Waals surface area contributed by atoms with E-state index in [-0.39, 0.29) is 17.7 Å². The second-order valence-corrected chi connectivity index (χ2v) is 7.80. The minimum absolute atomic E-state index is 0.135. The standard InChI is InChI=1S/C25H25F2N.2CH2O/c1-17-4-11-22(12-5-17)28-23(13-8-19-6-3-18(2)15-24(19)27)14-9-20-7-10-21(26)16-25(20)28;2*1-2/h3-7,10-12,15-16,23H,8-9,13-14H2,1-2H3;2*1H2/t23-;;/m1../s1. The summed E-state index contributed by atoms with van der Waals surface area (Å²) >= 11 is 0. The molecular formula is C27H29F2NO2. The van der Waals surface area contributed by atoms with Gasteiger partial charge in [-0.15, -0.1) is 0 Å². The van der Waals surface area contributed by atoms with Crippen molar-refractivity contribution in [1.29, 1.82) is 0 Å². The number of carbonyl (C=O) groups is 2. The van der Waals surface area contributed by atoms with E-state index in [1.165, 1.54) is 17.2 Å². The van der Waals surface area contributed by atoms with Crippen molar-refractivity contribution in [2.24, 2.45) is 0 Å². The molecule has 1 heterocycles. The van der Waals surface area contributed by atoms with Gasteiger partial charge in [-0.05, 0) is 86.6 Å². The van der Waals surface area contributed by atoms with Gasteiger partial charge in [0, 0.05) is 17.4 Å². The van der Waals surface area contributed by atoms with E-state index < -0.39 is 0 Å². The van der Waals surface area contributed by atoms with Crippen LogP contribution in [0.3, 0.4) is 0 Å². The number of rotatable bonds is 4. The highest BCUT2D eigenvalue weighted by molar-refractivity contribution is 5.69.